The molecule has 80 valence electrons. The lowest BCUT2D eigenvalue weighted by atomic mass is 10.0. The minimum Gasteiger partial charge on any atom is -0.330 e. The summed E-state index contributed by atoms with van der Waals surface area (Å²) < 4.78 is 0. The van der Waals surface area contributed by atoms with E-state index in [0.29, 0.717) is 0 Å². The highest BCUT2D eigenvalue weighted by atomic mass is 14.9. The summed E-state index contributed by atoms with van der Waals surface area (Å²) >= 11 is 0. The standard InChI is InChI=1S/C11H26N2/c1-4-10(2)8-13-9-11(3)6-5-7-12/h10-11,13H,4-9,12H2,1-3H3. The van der Waals surface area contributed by atoms with Gasteiger partial charge in [0.2, 0.25) is 0 Å². The topological polar surface area (TPSA) is 38.0 Å². The molecule has 0 saturated heterocycles. The van der Waals surface area contributed by atoms with E-state index < -0.39 is 0 Å². The summed E-state index contributed by atoms with van der Waals surface area (Å²) in [5.41, 5.74) is 5.45. The van der Waals surface area contributed by atoms with Crippen molar-refractivity contribution in [3.05, 3.63) is 0 Å². The third kappa shape index (κ3) is 8.26. The molecule has 2 nitrogen and oxygen atoms in total. The van der Waals surface area contributed by atoms with Gasteiger partial charge in [-0.2, -0.15) is 0 Å². The van der Waals surface area contributed by atoms with Crippen LogP contribution in [0.25, 0.3) is 0 Å². The van der Waals surface area contributed by atoms with Crippen LogP contribution in [-0.4, -0.2) is 19.6 Å². The third-order valence-electron chi connectivity index (χ3n) is 2.58. The molecule has 0 rings (SSSR count). The van der Waals surface area contributed by atoms with Crippen LogP contribution in [0.4, 0.5) is 0 Å². The molecule has 2 heteroatoms. The Bertz CT molecular complexity index is 104. The van der Waals surface area contributed by atoms with Gasteiger partial charge in [-0.3, -0.25) is 0 Å². The summed E-state index contributed by atoms with van der Waals surface area (Å²) in [4.78, 5) is 0. The van der Waals surface area contributed by atoms with Gasteiger partial charge >= 0.3 is 0 Å². The van der Waals surface area contributed by atoms with Gasteiger partial charge in [0, 0.05) is 0 Å². The van der Waals surface area contributed by atoms with E-state index in [1.807, 2.05) is 0 Å². The maximum atomic E-state index is 5.45. The van der Waals surface area contributed by atoms with Crippen molar-refractivity contribution < 1.29 is 0 Å². The van der Waals surface area contributed by atoms with E-state index in [0.717, 1.165) is 37.9 Å². The Morgan fingerprint density at radius 2 is 1.77 bits per heavy atom. The molecule has 0 aromatic rings. The van der Waals surface area contributed by atoms with Gasteiger partial charge < -0.3 is 11.1 Å². The fourth-order valence-electron chi connectivity index (χ4n) is 1.29. The molecule has 0 aromatic carbocycles. The monoisotopic (exact) mass is 186 g/mol. The van der Waals surface area contributed by atoms with E-state index in [9.17, 15) is 0 Å². The molecule has 0 aliphatic rings. The summed E-state index contributed by atoms with van der Waals surface area (Å²) in [6.07, 6.45) is 3.68. The summed E-state index contributed by atoms with van der Waals surface area (Å²) in [6.45, 7) is 9.95. The van der Waals surface area contributed by atoms with Crippen LogP contribution in [0.5, 0.6) is 0 Å². The molecule has 0 aromatic heterocycles. The van der Waals surface area contributed by atoms with Crippen LogP contribution in [0.3, 0.4) is 0 Å². The van der Waals surface area contributed by atoms with Gasteiger partial charge in [0.15, 0.2) is 0 Å². The zero-order valence-electron chi connectivity index (χ0n) is 9.47. The average molecular weight is 186 g/mol. The van der Waals surface area contributed by atoms with Gasteiger partial charge in [-0.25, -0.2) is 0 Å². The van der Waals surface area contributed by atoms with Gasteiger partial charge in [0.25, 0.3) is 0 Å². The second-order valence-corrected chi connectivity index (χ2v) is 4.21. The molecule has 0 bridgehead atoms. The predicted molar refractivity (Wildman–Crippen MR) is 59.8 cm³/mol. The zero-order valence-corrected chi connectivity index (χ0v) is 9.47. The molecule has 0 spiro atoms. The first kappa shape index (κ1) is 12.9. The van der Waals surface area contributed by atoms with Crippen molar-refractivity contribution in [2.45, 2.75) is 40.0 Å². The largest absolute Gasteiger partial charge is 0.330 e. The molecule has 0 aliphatic heterocycles. The van der Waals surface area contributed by atoms with Crippen LogP contribution in [0, 0.1) is 11.8 Å². The maximum Gasteiger partial charge on any atom is -0.00230 e. The highest BCUT2D eigenvalue weighted by Gasteiger charge is 2.02. The Morgan fingerprint density at radius 3 is 2.31 bits per heavy atom. The minimum atomic E-state index is 0.771. The van der Waals surface area contributed by atoms with Crippen molar-refractivity contribution in [1.82, 2.24) is 5.32 Å². The van der Waals surface area contributed by atoms with Crippen LogP contribution in [0.15, 0.2) is 0 Å². The second kappa shape index (κ2) is 8.52. The summed E-state index contributed by atoms with van der Waals surface area (Å²) in [7, 11) is 0. The average Bonchev–Trinajstić information content (AvgIpc) is 2.14. The molecule has 0 radical (unpaired) electrons. The summed E-state index contributed by atoms with van der Waals surface area (Å²) in [5.74, 6) is 1.58. The Labute approximate surface area is 83.3 Å². The molecule has 0 amide bonds. The molecular weight excluding hydrogens is 160 g/mol. The second-order valence-electron chi connectivity index (χ2n) is 4.21. The fourth-order valence-corrected chi connectivity index (χ4v) is 1.29. The van der Waals surface area contributed by atoms with Crippen LogP contribution in [0.1, 0.15) is 40.0 Å². The molecule has 2 atom stereocenters. The third-order valence-corrected chi connectivity index (χ3v) is 2.58. The zero-order chi connectivity index (χ0) is 10.1. The molecule has 0 aliphatic carbocycles. The molecule has 3 N–H and O–H groups in total. The van der Waals surface area contributed by atoms with Gasteiger partial charge in [0.05, 0.1) is 0 Å². The fraction of sp³-hybridized carbons (Fsp3) is 1.00. The number of rotatable bonds is 8. The van der Waals surface area contributed by atoms with Crippen molar-refractivity contribution in [3.8, 4) is 0 Å². The molecular formula is C11H26N2. The lowest BCUT2D eigenvalue weighted by Gasteiger charge is -2.14. The van der Waals surface area contributed by atoms with E-state index in [1.54, 1.807) is 0 Å². The Kier molecular flexibility index (Phi) is 8.46. The normalized spacial score (nSPS) is 15.7. The van der Waals surface area contributed by atoms with E-state index in [2.05, 4.69) is 26.1 Å². The van der Waals surface area contributed by atoms with Crippen molar-refractivity contribution in [2.24, 2.45) is 17.6 Å². The van der Waals surface area contributed by atoms with Crippen molar-refractivity contribution in [1.29, 1.82) is 0 Å². The van der Waals surface area contributed by atoms with Crippen LogP contribution in [-0.2, 0) is 0 Å². The van der Waals surface area contributed by atoms with Crippen molar-refractivity contribution in [3.63, 3.8) is 0 Å². The number of nitrogens with two attached hydrogens (primary N) is 1. The van der Waals surface area contributed by atoms with Gasteiger partial charge in [0.1, 0.15) is 0 Å². The number of nitrogens with one attached hydrogen (secondary N) is 1. The molecule has 13 heavy (non-hydrogen) atoms. The number of hydrogen-bond acceptors (Lipinski definition) is 2. The lowest BCUT2D eigenvalue weighted by molar-refractivity contribution is 0.430. The molecule has 0 heterocycles. The van der Waals surface area contributed by atoms with Crippen molar-refractivity contribution in [2.75, 3.05) is 19.6 Å². The SMILES string of the molecule is CCC(C)CNCC(C)CCCN. The van der Waals surface area contributed by atoms with Gasteiger partial charge in [-0.05, 0) is 44.3 Å². The predicted octanol–water partition coefficient (Wildman–Crippen LogP) is 2.00. The highest BCUT2D eigenvalue weighted by molar-refractivity contribution is 4.60. The number of hydrogen-bond donors (Lipinski definition) is 2. The van der Waals surface area contributed by atoms with E-state index >= 15 is 0 Å². The first-order valence-electron chi connectivity index (χ1n) is 5.61. The van der Waals surface area contributed by atoms with Crippen LogP contribution >= 0.6 is 0 Å². The Balaban J connectivity index is 3.21. The quantitative estimate of drug-likeness (QED) is 0.608. The van der Waals surface area contributed by atoms with E-state index in [4.69, 9.17) is 5.73 Å². The van der Waals surface area contributed by atoms with Crippen LogP contribution in [0.2, 0.25) is 0 Å². The first-order chi connectivity index (χ1) is 6.20. The molecule has 2 unspecified atom stereocenters. The van der Waals surface area contributed by atoms with Crippen molar-refractivity contribution >= 4 is 0 Å². The van der Waals surface area contributed by atoms with E-state index in [-0.39, 0.29) is 0 Å². The van der Waals surface area contributed by atoms with Crippen LogP contribution < -0.4 is 11.1 Å². The minimum absolute atomic E-state index is 0.771. The smallest absolute Gasteiger partial charge is 0.00230 e. The summed E-state index contributed by atoms with van der Waals surface area (Å²) in [6, 6.07) is 0. The van der Waals surface area contributed by atoms with E-state index in [1.165, 1.54) is 12.8 Å². The maximum absolute atomic E-state index is 5.45. The molecule has 0 saturated carbocycles. The molecule has 0 fully saturated rings. The van der Waals surface area contributed by atoms with Gasteiger partial charge in [-0.1, -0.05) is 27.2 Å². The lowest BCUT2D eigenvalue weighted by Crippen LogP contribution is -2.26. The first-order valence-corrected chi connectivity index (χ1v) is 5.61. The highest BCUT2D eigenvalue weighted by Crippen LogP contribution is 2.03. The Hall–Kier alpha value is -0.0800. The Morgan fingerprint density at radius 1 is 1.15 bits per heavy atom. The summed E-state index contributed by atoms with van der Waals surface area (Å²) in [5, 5.41) is 3.50. The van der Waals surface area contributed by atoms with Gasteiger partial charge in [-0.15, -0.1) is 0 Å².